The van der Waals surface area contributed by atoms with Gasteiger partial charge in [-0.1, -0.05) is 61.7 Å². The van der Waals surface area contributed by atoms with Crippen LogP contribution in [0, 0.1) is 12.8 Å². The van der Waals surface area contributed by atoms with Gasteiger partial charge in [-0.3, -0.25) is 4.79 Å². The summed E-state index contributed by atoms with van der Waals surface area (Å²) in [6.45, 7) is 2.51. The minimum Gasteiger partial charge on any atom is -0.466 e. The van der Waals surface area contributed by atoms with E-state index in [9.17, 15) is 9.59 Å². The topological polar surface area (TPSA) is 59.5 Å². The smallest absolute Gasteiger partial charge is 0.330 e. The maximum absolute atomic E-state index is 13.7. The number of carbonyl (C=O) groups excluding carboxylic acids is 2. The summed E-state index contributed by atoms with van der Waals surface area (Å²) < 4.78 is 4.70. The molecule has 0 atom stereocenters. The van der Waals surface area contributed by atoms with Gasteiger partial charge in [0.25, 0.3) is 0 Å². The van der Waals surface area contributed by atoms with Gasteiger partial charge in [0.05, 0.1) is 24.9 Å². The van der Waals surface area contributed by atoms with Crippen molar-refractivity contribution in [2.24, 2.45) is 5.92 Å². The number of rotatable bonds is 8. The number of aryl methyl sites for hydroxylation is 1. The van der Waals surface area contributed by atoms with Gasteiger partial charge < -0.3 is 9.64 Å². The molecule has 1 aromatic heterocycles. The Morgan fingerprint density at radius 1 is 1.03 bits per heavy atom. The van der Waals surface area contributed by atoms with Crippen molar-refractivity contribution >= 4 is 47.1 Å². The summed E-state index contributed by atoms with van der Waals surface area (Å²) in [7, 11) is 1.36. The van der Waals surface area contributed by atoms with Gasteiger partial charge >= 0.3 is 5.97 Å². The number of aromatic nitrogens is 1. The molecule has 1 amide bonds. The molecule has 5 nitrogen and oxygen atoms in total. The number of nitrogens with zero attached hydrogens (tertiary/aromatic N) is 2. The van der Waals surface area contributed by atoms with Crippen LogP contribution in [0.1, 0.15) is 59.4 Å². The summed E-state index contributed by atoms with van der Waals surface area (Å²) >= 11 is 1.63. The maximum atomic E-state index is 13.7. The molecule has 1 aliphatic rings. The van der Waals surface area contributed by atoms with Crippen molar-refractivity contribution in [1.82, 2.24) is 4.98 Å². The van der Waals surface area contributed by atoms with E-state index in [0.29, 0.717) is 6.54 Å². The van der Waals surface area contributed by atoms with Crippen molar-refractivity contribution < 1.29 is 14.3 Å². The second-order valence-corrected chi connectivity index (χ2v) is 9.97. The normalized spacial score (nSPS) is 14.4. The molecule has 0 aliphatic heterocycles. The molecule has 1 saturated carbocycles. The molecule has 6 heteroatoms. The molecule has 4 rings (SSSR count). The third-order valence-corrected chi connectivity index (χ3v) is 7.44. The van der Waals surface area contributed by atoms with Gasteiger partial charge in [-0.15, -0.1) is 11.3 Å². The first kappa shape index (κ1) is 25.6. The molecule has 2 aromatic carbocycles. The van der Waals surface area contributed by atoms with Crippen LogP contribution in [0.3, 0.4) is 0 Å². The Morgan fingerprint density at radius 3 is 2.50 bits per heavy atom. The second-order valence-electron chi connectivity index (χ2n) is 9.09. The monoisotopic (exact) mass is 500 g/mol. The van der Waals surface area contributed by atoms with Crippen LogP contribution >= 0.6 is 11.3 Å². The fourth-order valence-corrected chi connectivity index (χ4v) is 5.15. The largest absolute Gasteiger partial charge is 0.466 e. The standard InChI is InChI=1S/C30H32N2O3S/c1-22-28(36-21-31-22)17-15-23-11-13-25(14-12-23)20-32(30(34)26-8-4-3-5-9-26)27-10-6-7-24(19-27)16-18-29(33)35-2/h6-7,10-19,21,26H,3-5,8-9,20H2,1-2H3/b17-15+,18-16+. The van der Waals surface area contributed by atoms with Gasteiger partial charge in [0, 0.05) is 22.6 Å². The highest BCUT2D eigenvalue weighted by Crippen LogP contribution is 2.29. The summed E-state index contributed by atoms with van der Waals surface area (Å²) in [6.07, 6.45) is 12.6. The van der Waals surface area contributed by atoms with Crippen LogP contribution in [-0.2, 0) is 20.9 Å². The molecule has 186 valence electrons. The number of amides is 1. The Morgan fingerprint density at radius 2 is 1.81 bits per heavy atom. The van der Waals surface area contributed by atoms with Crippen molar-refractivity contribution in [1.29, 1.82) is 0 Å². The molecular formula is C30H32N2O3S. The Kier molecular flexibility index (Phi) is 8.85. The summed E-state index contributed by atoms with van der Waals surface area (Å²) in [6, 6.07) is 16.1. The van der Waals surface area contributed by atoms with E-state index < -0.39 is 5.97 Å². The lowest BCUT2D eigenvalue weighted by Gasteiger charge is -2.30. The molecule has 0 unspecified atom stereocenters. The molecule has 0 saturated heterocycles. The lowest BCUT2D eigenvalue weighted by molar-refractivity contribution is -0.134. The van der Waals surface area contributed by atoms with E-state index in [2.05, 4.69) is 41.4 Å². The molecule has 0 spiro atoms. The van der Waals surface area contributed by atoms with Gasteiger partial charge in [-0.25, -0.2) is 9.78 Å². The van der Waals surface area contributed by atoms with Crippen LogP contribution < -0.4 is 4.90 Å². The first-order chi connectivity index (χ1) is 17.5. The maximum Gasteiger partial charge on any atom is 0.330 e. The number of anilines is 1. The van der Waals surface area contributed by atoms with Gasteiger partial charge in [-0.2, -0.15) is 0 Å². The quantitative estimate of drug-likeness (QED) is 0.249. The third kappa shape index (κ3) is 6.79. The lowest BCUT2D eigenvalue weighted by atomic mass is 9.88. The average molecular weight is 501 g/mol. The van der Waals surface area contributed by atoms with Crippen molar-refractivity contribution in [2.45, 2.75) is 45.6 Å². The second kappa shape index (κ2) is 12.5. The molecule has 0 bridgehead atoms. The van der Waals surface area contributed by atoms with E-state index >= 15 is 0 Å². The molecule has 0 N–H and O–H groups in total. The molecule has 1 heterocycles. The summed E-state index contributed by atoms with van der Waals surface area (Å²) in [5.41, 5.74) is 6.75. The van der Waals surface area contributed by atoms with E-state index in [1.807, 2.05) is 41.6 Å². The highest BCUT2D eigenvalue weighted by Gasteiger charge is 2.27. The Labute approximate surface area is 217 Å². The molecule has 0 radical (unpaired) electrons. The Bertz CT molecular complexity index is 1240. The number of thiazole rings is 1. The minimum atomic E-state index is -0.407. The van der Waals surface area contributed by atoms with Crippen molar-refractivity contribution in [3.8, 4) is 0 Å². The van der Waals surface area contributed by atoms with E-state index in [0.717, 1.165) is 58.6 Å². The lowest BCUT2D eigenvalue weighted by Crippen LogP contribution is -2.36. The predicted molar refractivity (Wildman–Crippen MR) is 147 cm³/mol. The van der Waals surface area contributed by atoms with Crippen molar-refractivity contribution in [2.75, 3.05) is 12.0 Å². The van der Waals surface area contributed by atoms with Gasteiger partial charge in [0.2, 0.25) is 5.91 Å². The minimum absolute atomic E-state index is 0.0536. The summed E-state index contributed by atoms with van der Waals surface area (Å²) in [5.74, 6) is -0.179. The molecule has 3 aromatic rings. The molecule has 1 fully saturated rings. The number of hydrogen-bond acceptors (Lipinski definition) is 5. The van der Waals surface area contributed by atoms with E-state index in [1.54, 1.807) is 17.4 Å². The molecule has 1 aliphatic carbocycles. The van der Waals surface area contributed by atoms with Crippen LogP contribution in [0.4, 0.5) is 5.69 Å². The predicted octanol–water partition coefficient (Wildman–Crippen LogP) is 6.92. The van der Waals surface area contributed by atoms with Crippen LogP contribution in [0.2, 0.25) is 0 Å². The molecule has 36 heavy (non-hydrogen) atoms. The summed E-state index contributed by atoms with van der Waals surface area (Å²) in [4.78, 5) is 32.6. The zero-order valence-electron chi connectivity index (χ0n) is 20.9. The zero-order valence-corrected chi connectivity index (χ0v) is 21.7. The first-order valence-corrected chi connectivity index (χ1v) is 13.3. The van der Waals surface area contributed by atoms with E-state index in [1.165, 1.54) is 19.6 Å². The highest BCUT2D eigenvalue weighted by molar-refractivity contribution is 7.10. The fourth-order valence-electron chi connectivity index (χ4n) is 4.45. The van der Waals surface area contributed by atoms with E-state index in [-0.39, 0.29) is 11.8 Å². The number of hydrogen-bond donors (Lipinski definition) is 0. The van der Waals surface area contributed by atoms with Crippen molar-refractivity contribution in [3.63, 3.8) is 0 Å². The Hall–Kier alpha value is -3.51. The highest BCUT2D eigenvalue weighted by atomic mass is 32.1. The number of esters is 1. The fraction of sp³-hybridized carbons (Fsp3) is 0.300. The van der Waals surface area contributed by atoms with Crippen LogP contribution in [0.15, 0.2) is 60.1 Å². The number of methoxy groups -OCH3 is 1. The SMILES string of the molecule is COC(=O)/C=C/c1cccc(N(Cc2ccc(/C=C/c3scnc3C)cc2)C(=O)C2CCCCC2)c1. The van der Waals surface area contributed by atoms with E-state index in [4.69, 9.17) is 4.74 Å². The number of benzene rings is 2. The van der Waals surface area contributed by atoms with Gasteiger partial charge in [0.1, 0.15) is 0 Å². The van der Waals surface area contributed by atoms with Crippen molar-refractivity contribution in [3.05, 3.63) is 87.4 Å². The zero-order chi connectivity index (χ0) is 25.3. The van der Waals surface area contributed by atoms with Crippen LogP contribution in [-0.4, -0.2) is 24.0 Å². The van der Waals surface area contributed by atoms with Gasteiger partial charge in [0.15, 0.2) is 0 Å². The Balaban J connectivity index is 1.56. The van der Waals surface area contributed by atoms with Crippen LogP contribution in [0.25, 0.3) is 18.2 Å². The summed E-state index contributed by atoms with van der Waals surface area (Å²) in [5, 5.41) is 0. The number of ether oxygens (including phenoxy) is 1. The van der Waals surface area contributed by atoms with Gasteiger partial charge in [-0.05, 0) is 60.7 Å². The first-order valence-electron chi connectivity index (χ1n) is 12.4. The molecular weight excluding hydrogens is 468 g/mol. The number of carbonyl (C=O) groups is 2. The van der Waals surface area contributed by atoms with Crippen LogP contribution in [0.5, 0.6) is 0 Å². The third-order valence-electron chi connectivity index (χ3n) is 6.55. The average Bonchev–Trinajstić information content (AvgIpc) is 3.34.